The van der Waals surface area contributed by atoms with Crippen molar-refractivity contribution in [3.8, 4) is 0 Å². The first-order valence-corrected chi connectivity index (χ1v) is 9.38. The number of anilines is 1. The van der Waals surface area contributed by atoms with E-state index in [2.05, 4.69) is 56.5 Å². The summed E-state index contributed by atoms with van der Waals surface area (Å²) in [5.74, 6) is 0.698. The number of benzene rings is 1. The highest BCUT2D eigenvalue weighted by molar-refractivity contribution is 5.80. The molecule has 2 N–H and O–H groups in total. The molecule has 0 saturated carbocycles. The van der Waals surface area contributed by atoms with E-state index in [9.17, 15) is 13.2 Å². The lowest BCUT2D eigenvalue weighted by Gasteiger charge is -2.20. The van der Waals surface area contributed by atoms with Crippen molar-refractivity contribution in [1.82, 2.24) is 10.6 Å². The summed E-state index contributed by atoms with van der Waals surface area (Å²) in [6.45, 7) is 5.92. The average Bonchev–Trinajstić information content (AvgIpc) is 3.06. The topological polar surface area (TPSA) is 48.9 Å². The van der Waals surface area contributed by atoms with Gasteiger partial charge in [-0.2, -0.15) is 13.2 Å². The highest BCUT2D eigenvalue weighted by Crippen LogP contribution is 2.20. The van der Waals surface area contributed by atoms with E-state index in [1.165, 1.54) is 11.3 Å². The average molecular weight is 386 g/mol. The quantitative estimate of drug-likeness (QED) is 0.410. The second-order valence-electron chi connectivity index (χ2n) is 6.69. The minimum absolute atomic E-state index is 0.0487. The molecule has 0 bridgehead atoms. The molecule has 1 unspecified atom stereocenters. The van der Waals surface area contributed by atoms with Gasteiger partial charge in [0.25, 0.3) is 0 Å². The summed E-state index contributed by atoms with van der Waals surface area (Å²) < 4.78 is 40.7. The van der Waals surface area contributed by atoms with Gasteiger partial charge < -0.3 is 20.3 Å². The SMILES string of the molecule is CCNC(=NCCCOCC(F)(F)F)NC1CCN(c2ccc(C)cc2)C1. The zero-order valence-electron chi connectivity index (χ0n) is 16.0. The predicted octanol–water partition coefficient (Wildman–Crippen LogP) is 3.10. The first kappa shape index (κ1) is 21.3. The first-order valence-electron chi connectivity index (χ1n) is 9.38. The van der Waals surface area contributed by atoms with Crippen LogP contribution in [0.25, 0.3) is 0 Å². The van der Waals surface area contributed by atoms with Gasteiger partial charge in [-0.15, -0.1) is 0 Å². The zero-order valence-corrected chi connectivity index (χ0v) is 16.0. The second kappa shape index (κ2) is 10.4. The molecule has 1 atom stereocenters. The monoisotopic (exact) mass is 386 g/mol. The van der Waals surface area contributed by atoms with Crippen molar-refractivity contribution in [3.63, 3.8) is 0 Å². The van der Waals surface area contributed by atoms with Gasteiger partial charge in [0.2, 0.25) is 0 Å². The molecule has 1 fully saturated rings. The van der Waals surface area contributed by atoms with Crippen LogP contribution in [-0.2, 0) is 4.74 Å². The Kier molecular flexibility index (Phi) is 8.22. The van der Waals surface area contributed by atoms with Crippen LogP contribution in [0.2, 0.25) is 0 Å². The van der Waals surface area contributed by atoms with Gasteiger partial charge in [-0.3, -0.25) is 4.99 Å². The fourth-order valence-corrected chi connectivity index (χ4v) is 2.93. The van der Waals surface area contributed by atoms with Gasteiger partial charge in [0.05, 0.1) is 0 Å². The molecule has 0 amide bonds. The zero-order chi connectivity index (χ0) is 19.7. The van der Waals surface area contributed by atoms with Gasteiger partial charge in [-0.25, -0.2) is 0 Å². The van der Waals surface area contributed by atoms with Crippen LogP contribution in [0, 0.1) is 6.92 Å². The van der Waals surface area contributed by atoms with Crippen LogP contribution < -0.4 is 15.5 Å². The number of nitrogens with zero attached hydrogens (tertiary/aromatic N) is 2. The Balaban J connectivity index is 1.75. The fourth-order valence-electron chi connectivity index (χ4n) is 2.93. The van der Waals surface area contributed by atoms with Crippen molar-refractivity contribution < 1.29 is 17.9 Å². The molecule has 1 aliphatic heterocycles. The smallest absolute Gasteiger partial charge is 0.372 e. The van der Waals surface area contributed by atoms with Crippen molar-refractivity contribution in [2.24, 2.45) is 4.99 Å². The van der Waals surface area contributed by atoms with Gasteiger partial charge in [-0.05, 0) is 38.8 Å². The second-order valence-corrected chi connectivity index (χ2v) is 6.69. The molecule has 1 aromatic carbocycles. The van der Waals surface area contributed by atoms with Crippen molar-refractivity contribution in [2.75, 3.05) is 44.3 Å². The normalized spacial score (nSPS) is 18.0. The molecule has 2 rings (SSSR count). The largest absolute Gasteiger partial charge is 0.411 e. The maximum Gasteiger partial charge on any atom is 0.411 e. The first-order chi connectivity index (χ1) is 12.9. The molecular formula is C19H29F3N4O. The van der Waals surface area contributed by atoms with Crippen LogP contribution in [0.15, 0.2) is 29.3 Å². The summed E-state index contributed by atoms with van der Waals surface area (Å²) in [6.07, 6.45) is -2.81. The molecule has 1 aliphatic rings. The Hall–Kier alpha value is -1.96. The Morgan fingerprint density at radius 1 is 1.30 bits per heavy atom. The Morgan fingerprint density at radius 3 is 2.70 bits per heavy atom. The lowest BCUT2D eigenvalue weighted by Crippen LogP contribution is -2.44. The summed E-state index contributed by atoms with van der Waals surface area (Å²) in [5.41, 5.74) is 2.46. The summed E-state index contributed by atoms with van der Waals surface area (Å²) in [6, 6.07) is 8.78. The minimum atomic E-state index is -4.27. The molecule has 0 aromatic heterocycles. The molecular weight excluding hydrogens is 357 g/mol. The van der Waals surface area contributed by atoms with E-state index in [-0.39, 0.29) is 12.6 Å². The van der Waals surface area contributed by atoms with Gasteiger partial charge in [-0.1, -0.05) is 17.7 Å². The number of hydrogen-bond acceptors (Lipinski definition) is 3. The molecule has 8 heteroatoms. The number of hydrogen-bond donors (Lipinski definition) is 2. The van der Waals surface area contributed by atoms with Crippen LogP contribution in [0.3, 0.4) is 0 Å². The summed E-state index contributed by atoms with van der Waals surface area (Å²) in [7, 11) is 0. The van der Waals surface area contributed by atoms with Crippen LogP contribution in [-0.4, -0.2) is 57.6 Å². The lowest BCUT2D eigenvalue weighted by molar-refractivity contribution is -0.173. The fraction of sp³-hybridized carbons (Fsp3) is 0.632. The maximum atomic E-state index is 12.0. The molecule has 1 heterocycles. The van der Waals surface area contributed by atoms with Crippen molar-refractivity contribution in [3.05, 3.63) is 29.8 Å². The highest BCUT2D eigenvalue weighted by atomic mass is 19.4. The molecule has 27 heavy (non-hydrogen) atoms. The predicted molar refractivity (Wildman–Crippen MR) is 102 cm³/mol. The third-order valence-electron chi connectivity index (χ3n) is 4.25. The van der Waals surface area contributed by atoms with E-state index < -0.39 is 12.8 Å². The van der Waals surface area contributed by atoms with Gasteiger partial charge >= 0.3 is 6.18 Å². The Labute approximate surface area is 159 Å². The van der Waals surface area contributed by atoms with E-state index >= 15 is 0 Å². The van der Waals surface area contributed by atoms with Gasteiger partial charge in [0.1, 0.15) is 6.61 Å². The lowest BCUT2D eigenvalue weighted by atomic mass is 10.2. The van der Waals surface area contributed by atoms with Crippen LogP contribution >= 0.6 is 0 Å². The van der Waals surface area contributed by atoms with Crippen molar-refractivity contribution in [1.29, 1.82) is 0 Å². The summed E-state index contributed by atoms with van der Waals surface area (Å²) in [4.78, 5) is 6.77. The van der Waals surface area contributed by atoms with E-state index in [4.69, 9.17) is 0 Å². The van der Waals surface area contributed by atoms with E-state index in [1.807, 2.05) is 6.92 Å². The van der Waals surface area contributed by atoms with Gasteiger partial charge in [0, 0.05) is 44.5 Å². The van der Waals surface area contributed by atoms with Crippen LogP contribution in [0.4, 0.5) is 18.9 Å². The van der Waals surface area contributed by atoms with Crippen LogP contribution in [0.5, 0.6) is 0 Å². The van der Waals surface area contributed by atoms with E-state index in [0.29, 0.717) is 18.9 Å². The summed E-state index contributed by atoms with van der Waals surface area (Å²) in [5, 5.41) is 6.61. The van der Waals surface area contributed by atoms with E-state index in [0.717, 1.165) is 26.1 Å². The molecule has 0 radical (unpaired) electrons. The number of nitrogens with one attached hydrogen (secondary N) is 2. The standard InChI is InChI=1S/C19H29F3N4O/c1-3-23-18(24-10-4-12-27-14-19(20,21)22)25-16-9-11-26(13-16)17-7-5-15(2)6-8-17/h5-8,16H,3-4,9-14H2,1-2H3,(H2,23,24,25). The van der Waals surface area contributed by atoms with Crippen molar-refractivity contribution in [2.45, 2.75) is 38.9 Å². The molecule has 5 nitrogen and oxygen atoms in total. The number of alkyl halides is 3. The minimum Gasteiger partial charge on any atom is -0.372 e. The molecule has 0 aliphatic carbocycles. The van der Waals surface area contributed by atoms with Gasteiger partial charge in [0.15, 0.2) is 5.96 Å². The number of rotatable bonds is 8. The maximum absolute atomic E-state index is 12.0. The number of aryl methyl sites for hydroxylation is 1. The molecule has 152 valence electrons. The number of halogens is 3. The third-order valence-corrected chi connectivity index (χ3v) is 4.25. The Bertz CT molecular complexity index is 590. The molecule has 1 aromatic rings. The Morgan fingerprint density at radius 2 is 2.04 bits per heavy atom. The third kappa shape index (κ3) is 8.07. The molecule has 0 spiro atoms. The molecule has 1 saturated heterocycles. The van der Waals surface area contributed by atoms with Crippen LogP contribution in [0.1, 0.15) is 25.3 Å². The number of aliphatic imine (C=N–C) groups is 1. The number of ether oxygens (including phenoxy) is 1. The van der Waals surface area contributed by atoms with Crippen molar-refractivity contribution >= 4 is 11.6 Å². The number of guanidine groups is 1. The highest BCUT2D eigenvalue weighted by Gasteiger charge is 2.27. The summed E-state index contributed by atoms with van der Waals surface area (Å²) >= 11 is 0. The van der Waals surface area contributed by atoms with E-state index in [1.54, 1.807) is 0 Å².